The lowest BCUT2D eigenvalue weighted by atomic mass is 10.1. The first-order chi connectivity index (χ1) is 19.3. The highest BCUT2D eigenvalue weighted by Gasteiger charge is 2.38. The van der Waals surface area contributed by atoms with Crippen molar-refractivity contribution in [3.05, 3.63) is 91.1 Å². The van der Waals surface area contributed by atoms with Crippen LogP contribution in [0.15, 0.2) is 63.2 Å². The summed E-state index contributed by atoms with van der Waals surface area (Å²) in [6.07, 6.45) is 6.51. The van der Waals surface area contributed by atoms with Crippen molar-refractivity contribution >= 4 is 57.4 Å². The molecule has 1 aromatic carbocycles. The number of para-hydroxylation sites is 1. The number of hydrogen-bond donors (Lipinski definition) is 0. The van der Waals surface area contributed by atoms with Crippen LogP contribution in [-0.4, -0.2) is 42.1 Å². The highest BCUT2D eigenvalue weighted by molar-refractivity contribution is 8.27. The van der Waals surface area contributed by atoms with E-state index in [0.29, 0.717) is 28.4 Å². The molecule has 204 valence electrons. The molecule has 0 unspecified atom stereocenters. The summed E-state index contributed by atoms with van der Waals surface area (Å²) in [4.78, 5) is 49.9. The maximum atomic E-state index is 13.8. The number of carbonyl (C=O) groups is 1. The molecule has 0 saturated carbocycles. The Bertz CT molecular complexity index is 1830. The number of nitrogens with zero attached hydrogens (tertiary/aromatic N) is 6. The Labute approximate surface area is 240 Å². The van der Waals surface area contributed by atoms with Gasteiger partial charge in [-0.25, -0.2) is 9.67 Å². The Balaban J connectivity index is 1.48. The second kappa shape index (κ2) is 10.2. The minimum absolute atomic E-state index is 0.206. The lowest BCUT2D eigenvalue weighted by Gasteiger charge is -2.29. The van der Waals surface area contributed by atoms with Gasteiger partial charge in [-0.05, 0) is 62.9 Å². The van der Waals surface area contributed by atoms with Gasteiger partial charge in [0.2, 0.25) is 0 Å². The predicted octanol–water partition coefficient (Wildman–Crippen LogP) is 4.20. The van der Waals surface area contributed by atoms with Gasteiger partial charge in [0.15, 0.2) is 4.32 Å². The van der Waals surface area contributed by atoms with E-state index in [9.17, 15) is 14.4 Å². The van der Waals surface area contributed by atoms with E-state index in [0.717, 1.165) is 49.7 Å². The van der Waals surface area contributed by atoms with E-state index in [1.807, 2.05) is 49.4 Å². The van der Waals surface area contributed by atoms with Gasteiger partial charge in [0.25, 0.3) is 17.0 Å². The first kappa shape index (κ1) is 26.3. The van der Waals surface area contributed by atoms with E-state index in [1.165, 1.54) is 14.0 Å². The Morgan fingerprint density at radius 3 is 2.40 bits per heavy atom. The smallest absolute Gasteiger partial charge is 0.296 e. The van der Waals surface area contributed by atoms with E-state index in [-0.39, 0.29) is 26.0 Å². The van der Waals surface area contributed by atoms with Gasteiger partial charge < -0.3 is 4.90 Å². The van der Waals surface area contributed by atoms with Crippen molar-refractivity contribution in [2.45, 2.75) is 33.1 Å². The molecule has 0 radical (unpaired) electrons. The summed E-state index contributed by atoms with van der Waals surface area (Å²) in [7, 11) is 1.77. The molecule has 2 aliphatic heterocycles. The van der Waals surface area contributed by atoms with Gasteiger partial charge in [0.05, 0.1) is 21.8 Å². The van der Waals surface area contributed by atoms with Crippen LogP contribution in [0.4, 0.5) is 11.5 Å². The van der Waals surface area contributed by atoms with Crippen LogP contribution in [-0.2, 0) is 11.8 Å². The number of aromatic nitrogens is 4. The highest BCUT2D eigenvalue weighted by atomic mass is 32.2. The molecule has 4 aromatic rings. The number of thiocarbonyl (C=S) groups is 1. The quantitative estimate of drug-likeness (QED) is 0.268. The number of aryl methyl sites for hydroxylation is 1. The molecule has 1 amide bonds. The van der Waals surface area contributed by atoms with Gasteiger partial charge in [-0.2, -0.15) is 0 Å². The molecule has 2 saturated heterocycles. The fraction of sp³-hybridized carbons (Fsp3) is 0.276. The number of hydrogen-bond acceptors (Lipinski definition) is 7. The molecule has 0 spiro atoms. The van der Waals surface area contributed by atoms with E-state index in [2.05, 4.69) is 4.90 Å². The molecular weight excluding hydrogens is 544 g/mol. The number of benzene rings is 1. The average Bonchev–Trinajstić information content (AvgIpc) is 3.35. The Hall–Kier alpha value is -3.96. The molecule has 2 fully saturated rings. The largest absolute Gasteiger partial charge is 0.356 e. The monoisotopic (exact) mass is 572 g/mol. The lowest BCUT2D eigenvalue weighted by molar-refractivity contribution is -0.113. The maximum Gasteiger partial charge on any atom is 0.296 e. The molecule has 3 aromatic heterocycles. The van der Waals surface area contributed by atoms with Crippen molar-refractivity contribution in [3.8, 4) is 5.69 Å². The van der Waals surface area contributed by atoms with Gasteiger partial charge >= 0.3 is 0 Å². The number of piperidine rings is 1. The summed E-state index contributed by atoms with van der Waals surface area (Å²) >= 11 is 6.72. The summed E-state index contributed by atoms with van der Waals surface area (Å²) in [5.41, 5.74) is 2.72. The van der Waals surface area contributed by atoms with Crippen molar-refractivity contribution in [1.82, 2.24) is 18.7 Å². The van der Waals surface area contributed by atoms with Crippen LogP contribution in [0.25, 0.3) is 17.4 Å². The standard InChI is InChI=1S/C29H28N6O3S2/c1-18-12-13-23-30-25(32-14-8-5-9-15-32)21(26(36)33(23)17-18)16-22-27(37)34(29(39)40-22)24-19(2)31(3)35(28(24)38)20-10-6-4-7-11-20/h4,6-7,10-13,16-17H,5,8-9,14-15H2,1-3H3. The number of rotatable bonds is 4. The molecule has 0 atom stereocenters. The minimum Gasteiger partial charge on any atom is -0.356 e. The molecule has 5 heterocycles. The van der Waals surface area contributed by atoms with Gasteiger partial charge in [0.1, 0.15) is 17.2 Å². The van der Waals surface area contributed by atoms with Gasteiger partial charge in [-0.1, -0.05) is 48.2 Å². The van der Waals surface area contributed by atoms with Crippen molar-refractivity contribution in [2.24, 2.45) is 7.05 Å². The van der Waals surface area contributed by atoms with Gasteiger partial charge in [0, 0.05) is 26.3 Å². The van der Waals surface area contributed by atoms with E-state index >= 15 is 0 Å². The van der Waals surface area contributed by atoms with Gasteiger partial charge in [-0.15, -0.1) is 0 Å². The minimum atomic E-state index is -0.431. The Kier molecular flexibility index (Phi) is 6.71. The van der Waals surface area contributed by atoms with Crippen molar-refractivity contribution < 1.29 is 4.79 Å². The van der Waals surface area contributed by atoms with E-state index in [4.69, 9.17) is 17.2 Å². The van der Waals surface area contributed by atoms with Crippen molar-refractivity contribution in [1.29, 1.82) is 0 Å². The molecule has 0 bridgehead atoms. The fourth-order valence-corrected chi connectivity index (χ4v) is 6.58. The second-order valence-corrected chi connectivity index (χ2v) is 11.7. The highest BCUT2D eigenvalue weighted by Crippen LogP contribution is 2.37. The molecule has 0 aliphatic carbocycles. The summed E-state index contributed by atoms with van der Waals surface area (Å²) < 4.78 is 5.00. The molecule has 0 N–H and O–H groups in total. The summed E-state index contributed by atoms with van der Waals surface area (Å²) in [6, 6.07) is 13.0. The van der Waals surface area contributed by atoms with Crippen molar-refractivity contribution in [2.75, 3.05) is 22.9 Å². The topological polar surface area (TPSA) is 84.8 Å². The first-order valence-corrected chi connectivity index (χ1v) is 14.4. The van der Waals surface area contributed by atoms with E-state index in [1.54, 1.807) is 30.9 Å². The molecule has 11 heteroatoms. The molecule has 9 nitrogen and oxygen atoms in total. The van der Waals surface area contributed by atoms with Crippen LogP contribution in [0.3, 0.4) is 0 Å². The molecule has 6 rings (SSSR count). The predicted molar refractivity (Wildman–Crippen MR) is 164 cm³/mol. The number of pyridine rings is 1. The van der Waals surface area contributed by atoms with Crippen LogP contribution >= 0.6 is 24.0 Å². The SMILES string of the molecule is Cc1ccc2nc(N3CCCCC3)c(C=C3SC(=S)N(c4c(C)n(C)n(-c5ccccc5)c4=O)C3=O)c(=O)n2c1. The summed E-state index contributed by atoms with van der Waals surface area (Å²) in [5.74, 6) is 0.139. The number of carbonyl (C=O) groups excluding carboxylic acids is 1. The average molecular weight is 573 g/mol. The number of thioether (sulfide) groups is 1. The maximum absolute atomic E-state index is 13.8. The third-order valence-corrected chi connectivity index (χ3v) is 8.76. The van der Waals surface area contributed by atoms with Gasteiger partial charge in [-0.3, -0.25) is 28.4 Å². The number of fused-ring (bicyclic) bond motifs is 1. The summed E-state index contributed by atoms with van der Waals surface area (Å²) in [6.45, 7) is 5.28. The molecule has 2 aliphatic rings. The Morgan fingerprint density at radius 1 is 0.950 bits per heavy atom. The zero-order valence-electron chi connectivity index (χ0n) is 22.5. The fourth-order valence-electron chi connectivity index (χ4n) is 5.32. The van der Waals surface area contributed by atoms with Crippen LogP contribution in [0.5, 0.6) is 0 Å². The van der Waals surface area contributed by atoms with Crippen LogP contribution in [0.2, 0.25) is 0 Å². The zero-order chi connectivity index (χ0) is 28.1. The van der Waals surface area contributed by atoms with E-state index < -0.39 is 5.91 Å². The number of anilines is 2. The molecular formula is C29H28N6O3S2. The third-order valence-electron chi connectivity index (χ3n) is 7.46. The van der Waals surface area contributed by atoms with Crippen molar-refractivity contribution in [3.63, 3.8) is 0 Å². The summed E-state index contributed by atoms with van der Waals surface area (Å²) in [5, 5.41) is 0. The van der Waals surface area contributed by atoms with Crippen LogP contribution < -0.4 is 20.9 Å². The number of amides is 1. The zero-order valence-corrected chi connectivity index (χ0v) is 24.1. The second-order valence-electron chi connectivity index (χ2n) is 10.1. The van der Waals surface area contributed by atoms with Crippen LogP contribution in [0.1, 0.15) is 36.1 Å². The molecule has 40 heavy (non-hydrogen) atoms. The first-order valence-electron chi connectivity index (χ1n) is 13.2. The normalized spacial score (nSPS) is 17.0. The lowest BCUT2D eigenvalue weighted by Crippen LogP contribution is -2.34. The van der Waals surface area contributed by atoms with Crippen LogP contribution in [0, 0.1) is 13.8 Å². The Morgan fingerprint density at radius 2 is 1.68 bits per heavy atom. The third kappa shape index (κ3) is 4.29.